The first-order chi connectivity index (χ1) is 9.43. The molecular formula is C17H14N2. The minimum atomic E-state index is 1.02. The quantitative estimate of drug-likeness (QED) is 0.744. The maximum Gasteiger partial charge on any atom is 0.0707 e. The van der Waals surface area contributed by atoms with Crippen molar-refractivity contribution in [2.75, 3.05) is 5.32 Å². The molecule has 0 bridgehead atoms. The molecule has 92 valence electrons. The minimum Gasteiger partial charge on any atom is -0.362 e. The summed E-state index contributed by atoms with van der Waals surface area (Å²) in [5, 5.41) is 4.42. The smallest absolute Gasteiger partial charge is 0.0707 e. The van der Waals surface area contributed by atoms with Crippen molar-refractivity contribution in [1.29, 1.82) is 0 Å². The minimum absolute atomic E-state index is 1.02. The van der Waals surface area contributed by atoms with E-state index in [1.54, 1.807) is 0 Å². The van der Waals surface area contributed by atoms with Crippen molar-refractivity contribution in [3.63, 3.8) is 0 Å². The Bertz CT molecular complexity index is 697. The zero-order valence-corrected chi connectivity index (χ0v) is 10.5. The average Bonchev–Trinajstić information content (AvgIpc) is 2.49. The van der Waals surface area contributed by atoms with E-state index in [-0.39, 0.29) is 0 Å². The lowest BCUT2D eigenvalue weighted by atomic mass is 10.1. The number of nitrogens with one attached hydrogen (secondary N) is 1. The average molecular weight is 246 g/mol. The summed E-state index contributed by atoms with van der Waals surface area (Å²) in [5.41, 5.74) is 3.26. The Kier molecular flexibility index (Phi) is 3.24. The van der Waals surface area contributed by atoms with Gasteiger partial charge in [-0.2, -0.15) is 0 Å². The van der Waals surface area contributed by atoms with Crippen molar-refractivity contribution in [1.82, 2.24) is 4.98 Å². The highest BCUT2D eigenvalue weighted by molar-refractivity contribution is 5.87. The largest absolute Gasteiger partial charge is 0.362 e. The van der Waals surface area contributed by atoms with E-state index < -0.39 is 0 Å². The van der Waals surface area contributed by atoms with Gasteiger partial charge in [-0.3, -0.25) is 4.98 Å². The van der Waals surface area contributed by atoms with Crippen LogP contribution >= 0.6 is 0 Å². The number of nitrogens with zero attached hydrogens (tertiary/aromatic N) is 1. The van der Waals surface area contributed by atoms with Gasteiger partial charge in [0.1, 0.15) is 0 Å². The zero-order chi connectivity index (χ0) is 12.9. The summed E-state index contributed by atoms with van der Waals surface area (Å²) in [6.07, 6.45) is 5.86. The molecule has 1 N–H and O–H groups in total. The van der Waals surface area contributed by atoms with Crippen LogP contribution in [0.15, 0.2) is 73.1 Å². The van der Waals surface area contributed by atoms with Crippen LogP contribution in [0.25, 0.3) is 17.0 Å². The second-order valence-electron chi connectivity index (χ2n) is 4.26. The van der Waals surface area contributed by atoms with Crippen molar-refractivity contribution in [3.8, 4) is 0 Å². The summed E-state index contributed by atoms with van der Waals surface area (Å²) in [4.78, 5) is 4.35. The Labute approximate surface area is 112 Å². The van der Waals surface area contributed by atoms with Crippen LogP contribution in [0.5, 0.6) is 0 Å². The molecule has 1 heterocycles. The van der Waals surface area contributed by atoms with Crippen molar-refractivity contribution >= 4 is 22.7 Å². The topological polar surface area (TPSA) is 24.9 Å². The predicted molar refractivity (Wildman–Crippen MR) is 80.8 cm³/mol. The van der Waals surface area contributed by atoms with Crippen molar-refractivity contribution in [2.24, 2.45) is 0 Å². The van der Waals surface area contributed by atoms with Gasteiger partial charge >= 0.3 is 0 Å². The molecule has 3 rings (SSSR count). The molecule has 0 spiro atoms. The molecule has 1 aromatic heterocycles. The molecule has 0 unspecified atom stereocenters. The van der Waals surface area contributed by atoms with Crippen LogP contribution < -0.4 is 5.32 Å². The van der Waals surface area contributed by atoms with E-state index in [0.717, 1.165) is 22.2 Å². The van der Waals surface area contributed by atoms with Gasteiger partial charge < -0.3 is 5.32 Å². The van der Waals surface area contributed by atoms with E-state index in [9.17, 15) is 0 Å². The Morgan fingerprint density at radius 1 is 0.842 bits per heavy atom. The number of hydrogen-bond acceptors (Lipinski definition) is 2. The molecule has 2 nitrogen and oxygen atoms in total. The summed E-state index contributed by atoms with van der Waals surface area (Å²) in [5.74, 6) is 0. The summed E-state index contributed by atoms with van der Waals surface area (Å²) >= 11 is 0. The summed E-state index contributed by atoms with van der Waals surface area (Å²) < 4.78 is 0. The lowest BCUT2D eigenvalue weighted by Gasteiger charge is -2.02. The first kappa shape index (κ1) is 11.5. The van der Waals surface area contributed by atoms with Crippen LogP contribution in [-0.2, 0) is 0 Å². The number of hydrogen-bond donors (Lipinski definition) is 1. The molecule has 0 saturated heterocycles. The van der Waals surface area contributed by atoms with Crippen LogP contribution in [0.3, 0.4) is 0 Å². The first-order valence-corrected chi connectivity index (χ1v) is 6.25. The molecule has 0 aliphatic rings. The molecule has 0 atom stereocenters. The zero-order valence-electron chi connectivity index (χ0n) is 10.5. The third-order valence-electron chi connectivity index (χ3n) is 2.97. The molecule has 3 aromatic rings. The van der Waals surface area contributed by atoms with E-state index in [1.807, 2.05) is 67.0 Å². The fourth-order valence-electron chi connectivity index (χ4n) is 2.03. The Hall–Kier alpha value is -2.61. The van der Waals surface area contributed by atoms with Gasteiger partial charge in [-0.15, -0.1) is 0 Å². The highest BCUT2D eigenvalue weighted by Gasteiger charge is 1.96. The van der Waals surface area contributed by atoms with Gasteiger partial charge in [0.15, 0.2) is 0 Å². The second kappa shape index (κ2) is 5.36. The molecule has 0 amide bonds. The Balaban J connectivity index is 1.85. The Morgan fingerprint density at radius 2 is 1.63 bits per heavy atom. The number of benzene rings is 2. The second-order valence-corrected chi connectivity index (χ2v) is 4.26. The number of rotatable bonds is 3. The van der Waals surface area contributed by atoms with Crippen LogP contribution in [0.4, 0.5) is 5.69 Å². The molecule has 0 aliphatic carbocycles. The van der Waals surface area contributed by atoms with Crippen molar-refractivity contribution < 1.29 is 0 Å². The molecule has 0 fully saturated rings. The molecule has 2 heteroatoms. The normalized spacial score (nSPS) is 10.9. The van der Waals surface area contributed by atoms with Gasteiger partial charge in [0.25, 0.3) is 0 Å². The third kappa shape index (κ3) is 2.63. The van der Waals surface area contributed by atoms with E-state index in [4.69, 9.17) is 0 Å². The number of fused-ring (bicyclic) bond motifs is 1. The molecule has 19 heavy (non-hydrogen) atoms. The van der Waals surface area contributed by atoms with Gasteiger partial charge in [-0.1, -0.05) is 36.4 Å². The molecule has 0 saturated carbocycles. The number of aromatic nitrogens is 1. The van der Waals surface area contributed by atoms with E-state index in [0.29, 0.717) is 0 Å². The molecular weight excluding hydrogens is 232 g/mol. The van der Waals surface area contributed by atoms with Gasteiger partial charge in [0.05, 0.1) is 5.52 Å². The molecule has 0 radical (unpaired) electrons. The van der Waals surface area contributed by atoms with Gasteiger partial charge in [-0.05, 0) is 35.9 Å². The van der Waals surface area contributed by atoms with E-state index in [2.05, 4.69) is 22.4 Å². The SMILES string of the molecule is C(=Cc1ccnc2ccccc12)Nc1ccccc1. The highest BCUT2D eigenvalue weighted by atomic mass is 14.8. The fraction of sp³-hybridized carbons (Fsp3) is 0. The molecule has 2 aromatic carbocycles. The maximum atomic E-state index is 4.35. The van der Waals surface area contributed by atoms with E-state index >= 15 is 0 Å². The van der Waals surface area contributed by atoms with Crippen LogP contribution in [-0.4, -0.2) is 4.98 Å². The monoisotopic (exact) mass is 246 g/mol. The number of para-hydroxylation sites is 2. The van der Waals surface area contributed by atoms with Gasteiger partial charge in [-0.25, -0.2) is 0 Å². The summed E-state index contributed by atoms with van der Waals surface area (Å²) in [6, 6.07) is 20.3. The first-order valence-electron chi connectivity index (χ1n) is 6.25. The number of pyridine rings is 1. The Morgan fingerprint density at radius 3 is 2.53 bits per heavy atom. The third-order valence-corrected chi connectivity index (χ3v) is 2.97. The lowest BCUT2D eigenvalue weighted by molar-refractivity contribution is 1.40. The van der Waals surface area contributed by atoms with Crippen molar-refractivity contribution in [2.45, 2.75) is 0 Å². The van der Waals surface area contributed by atoms with Gasteiger partial charge in [0, 0.05) is 23.5 Å². The standard InChI is InChI=1S/C17H14N2/c1-2-6-15(7-3-1)18-12-10-14-11-13-19-17-9-5-4-8-16(14)17/h1-13,18H. The van der Waals surface area contributed by atoms with Crippen LogP contribution in [0.1, 0.15) is 5.56 Å². The van der Waals surface area contributed by atoms with E-state index in [1.165, 1.54) is 0 Å². The van der Waals surface area contributed by atoms with Crippen LogP contribution in [0, 0.1) is 0 Å². The fourth-order valence-corrected chi connectivity index (χ4v) is 2.03. The highest BCUT2D eigenvalue weighted by Crippen LogP contribution is 2.17. The summed E-state index contributed by atoms with van der Waals surface area (Å²) in [6.45, 7) is 0. The maximum absolute atomic E-state index is 4.35. The lowest BCUT2D eigenvalue weighted by Crippen LogP contribution is -1.87. The summed E-state index contributed by atoms with van der Waals surface area (Å²) in [7, 11) is 0. The molecule has 0 aliphatic heterocycles. The number of anilines is 1. The van der Waals surface area contributed by atoms with Crippen molar-refractivity contribution in [3.05, 3.63) is 78.6 Å². The van der Waals surface area contributed by atoms with Crippen LogP contribution in [0.2, 0.25) is 0 Å². The predicted octanol–water partition coefficient (Wildman–Crippen LogP) is 4.32. The van der Waals surface area contributed by atoms with Gasteiger partial charge in [0.2, 0.25) is 0 Å².